The van der Waals surface area contributed by atoms with Crippen LogP contribution in [0, 0.1) is 0 Å². The fraction of sp³-hybridized carbons (Fsp3) is 0.316. The van der Waals surface area contributed by atoms with E-state index in [0.717, 1.165) is 29.7 Å². The zero-order valence-electron chi connectivity index (χ0n) is 14.3. The van der Waals surface area contributed by atoms with E-state index < -0.39 is 0 Å². The Labute approximate surface area is 141 Å². The maximum absolute atomic E-state index is 13.1. The van der Waals surface area contributed by atoms with Gasteiger partial charge in [0, 0.05) is 17.2 Å². The summed E-state index contributed by atoms with van der Waals surface area (Å²) < 4.78 is 1.32. The first-order chi connectivity index (χ1) is 11.4. The molecule has 0 aliphatic heterocycles. The Morgan fingerprint density at radius 2 is 2.04 bits per heavy atom. The minimum atomic E-state index is -0.240. The molecular weight excluding hydrogens is 300 g/mol. The van der Waals surface area contributed by atoms with E-state index in [4.69, 9.17) is 5.73 Å². The van der Waals surface area contributed by atoms with E-state index in [9.17, 15) is 4.79 Å². The number of rotatable bonds is 4. The van der Waals surface area contributed by atoms with Gasteiger partial charge in [-0.2, -0.15) is 4.68 Å². The summed E-state index contributed by atoms with van der Waals surface area (Å²) in [7, 11) is 0. The predicted octanol–water partition coefficient (Wildman–Crippen LogP) is 4.00. The second-order valence-electron chi connectivity index (χ2n) is 6.42. The number of hydrogen-bond donors (Lipinski definition) is 1. The maximum Gasteiger partial charge on any atom is 0.280 e. The first kappa shape index (κ1) is 16.2. The number of carbonyl (C=O) groups excluding carboxylic acids is 1. The van der Waals surface area contributed by atoms with Gasteiger partial charge in [0.2, 0.25) is 0 Å². The number of anilines is 1. The third kappa shape index (κ3) is 2.77. The quantitative estimate of drug-likeness (QED) is 0.682. The Hall–Kier alpha value is -2.69. The van der Waals surface area contributed by atoms with Gasteiger partial charge in [-0.25, -0.2) is 4.98 Å². The molecule has 0 radical (unpaired) electrons. The number of carbonyl (C=O) groups is 1. The van der Waals surface area contributed by atoms with Crippen molar-refractivity contribution in [2.75, 3.05) is 5.73 Å². The second kappa shape index (κ2) is 6.07. The molecule has 1 saturated carbocycles. The third-order valence-electron chi connectivity index (χ3n) is 4.44. The van der Waals surface area contributed by atoms with E-state index >= 15 is 0 Å². The van der Waals surface area contributed by atoms with Crippen LogP contribution in [0.5, 0.6) is 0 Å². The minimum Gasteiger partial charge on any atom is -0.382 e. The highest BCUT2D eigenvalue weighted by Crippen LogP contribution is 2.39. The van der Waals surface area contributed by atoms with Crippen LogP contribution in [0.15, 0.2) is 47.6 Å². The van der Waals surface area contributed by atoms with Crippen molar-refractivity contribution >= 4 is 22.8 Å². The molecule has 0 bridgehead atoms. The largest absolute Gasteiger partial charge is 0.382 e. The lowest BCUT2D eigenvalue weighted by Gasteiger charge is -2.09. The third-order valence-corrected chi connectivity index (χ3v) is 4.44. The first-order valence-electron chi connectivity index (χ1n) is 8.11. The SMILES string of the molecule is C=C/C=C(/C(=O)n1nc(N)c2ccc(C3CC3)nc21)C(C)=C(C)C. The molecule has 2 heterocycles. The lowest BCUT2D eigenvalue weighted by Crippen LogP contribution is -2.17. The summed E-state index contributed by atoms with van der Waals surface area (Å²) in [5.41, 5.74) is 10.0. The fourth-order valence-electron chi connectivity index (χ4n) is 2.64. The molecule has 0 saturated heterocycles. The van der Waals surface area contributed by atoms with E-state index in [0.29, 0.717) is 28.3 Å². The van der Waals surface area contributed by atoms with Gasteiger partial charge in [0.1, 0.15) is 0 Å². The number of fused-ring (bicyclic) bond motifs is 1. The monoisotopic (exact) mass is 322 g/mol. The van der Waals surface area contributed by atoms with E-state index in [1.807, 2.05) is 32.9 Å². The smallest absolute Gasteiger partial charge is 0.280 e. The van der Waals surface area contributed by atoms with Gasteiger partial charge in [0.15, 0.2) is 11.5 Å². The number of pyridine rings is 1. The first-order valence-corrected chi connectivity index (χ1v) is 8.11. The Kier molecular flexibility index (Phi) is 4.09. The van der Waals surface area contributed by atoms with E-state index in [1.165, 1.54) is 4.68 Å². The topological polar surface area (TPSA) is 73.8 Å². The van der Waals surface area contributed by atoms with Crippen LogP contribution in [0.3, 0.4) is 0 Å². The Balaban J connectivity index is 2.15. The lowest BCUT2D eigenvalue weighted by atomic mass is 10.0. The molecule has 0 aromatic carbocycles. The number of nitrogen functional groups attached to an aromatic ring is 1. The highest BCUT2D eigenvalue weighted by molar-refractivity contribution is 6.04. The Morgan fingerprint density at radius 3 is 2.62 bits per heavy atom. The Morgan fingerprint density at radius 1 is 1.33 bits per heavy atom. The molecule has 2 aromatic rings. The van der Waals surface area contributed by atoms with Crippen LogP contribution < -0.4 is 5.73 Å². The summed E-state index contributed by atoms with van der Waals surface area (Å²) in [4.78, 5) is 17.7. The molecule has 0 spiro atoms. The second-order valence-corrected chi connectivity index (χ2v) is 6.42. The van der Waals surface area contributed by atoms with Crippen LogP contribution >= 0.6 is 0 Å². The standard InChI is InChI=1S/C19H22N4O/c1-5-6-14(12(4)11(2)3)19(24)23-18-15(17(20)22-23)9-10-16(21-18)13-7-8-13/h5-6,9-10,13H,1,7-8H2,2-4H3,(H2,20,22)/b14-6+. The number of hydrogen-bond acceptors (Lipinski definition) is 4. The van der Waals surface area contributed by atoms with Crippen molar-refractivity contribution < 1.29 is 4.79 Å². The molecule has 5 nitrogen and oxygen atoms in total. The van der Waals surface area contributed by atoms with Crippen molar-refractivity contribution in [1.29, 1.82) is 0 Å². The highest BCUT2D eigenvalue weighted by Gasteiger charge is 2.27. The molecule has 1 fully saturated rings. The maximum atomic E-state index is 13.1. The molecule has 3 rings (SSSR count). The average molecular weight is 322 g/mol. The van der Waals surface area contributed by atoms with Gasteiger partial charge in [-0.1, -0.05) is 18.2 Å². The predicted molar refractivity (Wildman–Crippen MR) is 96.9 cm³/mol. The minimum absolute atomic E-state index is 0.240. The molecular formula is C19H22N4O. The molecule has 2 N–H and O–H groups in total. The summed E-state index contributed by atoms with van der Waals surface area (Å²) in [6.45, 7) is 9.57. The molecule has 0 atom stereocenters. The zero-order chi connectivity index (χ0) is 17.4. The molecule has 124 valence electrons. The molecule has 0 amide bonds. The fourth-order valence-corrected chi connectivity index (χ4v) is 2.64. The van der Waals surface area contributed by atoms with Crippen LogP contribution in [-0.4, -0.2) is 20.7 Å². The normalized spacial score (nSPS) is 14.7. The van der Waals surface area contributed by atoms with Gasteiger partial charge >= 0.3 is 0 Å². The van der Waals surface area contributed by atoms with E-state index in [1.54, 1.807) is 12.2 Å². The molecule has 5 heteroatoms. The van der Waals surface area contributed by atoms with Crippen molar-refractivity contribution in [3.8, 4) is 0 Å². The van der Waals surface area contributed by atoms with Crippen molar-refractivity contribution in [3.63, 3.8) is 0 Å². The summed E-state index contributed by atoms with van der Waals surface area (Å²) in [5.74, 6) is 0.577. The summed E-state index contributed by atoms with van der Waals surface area (Å²) in [5, 5.41) is 4.95. The Bertz CT molecular complexity index is 893. The summed E-state index contributed by atoms with van der Waals surface area (Å²) in [6.07, 6.45) is 5.61. The molecule has 1 aliphatic carbocycles. The molecule has 24 heavy (non-hydrogen) atoms. The van der Waals surface area contributed by atoms with E-state index in [-0.39, 0.29) is 5.91 Å². The van der Waals surface area contributed by atoms with Crippen LogP contribution in [0.2, 0.25) is 0 Å². The van der Waals surface area contributed by atoms with Gasteiger partial charge in [-0.15, -0.1) is 5.10 Å². The van der Waals surface area contributed by atoms with Gasteiger partial charge in [0.25, 0.3) is 5.91 Å². The van der Waals surface area contributed by atoms with Crippen LogP contribution in [0.25, 0.3) is 11.0 Å². The lowest BCUT2D eigenvalue weighted by molar-refractivity contribution is 0.0947. The van der Waals surface area contributed by atoms with Gasteiger partial charge in [0.05, 0.1) is 5.39 Å². The molecule has 0 unspecified atom stereocenters. The summed E-state index contributed by atoms with van der Waals surface area (Å²) in [6, 6.07) is 3.89. The highest BCUT2D eigenvalue weighted by atomic mass is 16.2. The van der Waals surface area contributed by atoms with Crippen molar-refractivity contribution in [2.24, 2.45) is 0 Å². The van der Waals surface area contributed by atoms with E-state index in [2.05, 4.69) is 16.7 Å². The van der Waals surface area contributed by atoms with Crippen LogP contribution in [0.4, 0.5) is 5.82 Å². The number of nitrogens with two attached hydrogens (primary N) is 1. The molecule has 2 aromatic heterocycles. The average Bonchev–Trinajstić information content (AvgIpc) is 3.36. The number of allylic oxidation sites excluding steroid dienone is 5. The van der Waals surface area contributed by atoms with Crippen molar-refractivity contribution in [1.82, 2.24) is 14.8 Å². The van der Waals surface area contributed by atoms with Gasteiger partial charge < -0.3 is 5.73 Å². The van der Waals surface area contributed by atoms with Crippen molar-refractivity contribution in [3.05, 3.63) is 53.3 Å². The zero-order valence-corrected chi connectivity index (χ0v) is 14.3. The van der Waals surface area contributed by atoms with Crippen LogP contribution in [-0.2, 0) is 0 Å². The molecule has 1 aliphatic rings. The van der Waals surface area contributed by atoms with Gasteiger partial charge in [-0.05, 0) is 57.4 Å². The van der Waals surface area contributed by atoms with Crippen LogP contribution in [0.1, 0.15) is 50.0 Å². The van der Waals surface area contributed by atoms with Gasteiger partial charge in [-0.3, -0.25) is 4.79 Å². The number of aromatic nitrogens is 3. The number of nitrogens with zero attached hydrogens (tertiary/aromatic N) is 3. The summed E-state index contributed by atoms with van der Waals surface area (Å²) >= 11 is 0. The van der Waals surface area contributed by atoms with Crippen molar-refractivity contribution in [2.45, 2.75) is 39.5 Å².